The van der Waals surface area contributed by atoms with Gasteiger partial charge in [0.15, 0.2) is 6.29 Å². The van der Waals surface area contributed by atoms with Crippen LogP contribution in [0.25, 0.3) is 5.69 Å². The zero-order valence-electron chi connectivity index (χ0n) is 8.64. The van der Waals surface area contributed by atoms with Crippen molar-refractivity contribution in [3.8, 4) is 5.69 Å². The quantitative estimate of drug-likeness (QED) is 0.695. The number of carbonyl (C=O) groups excluding carboxylic acids is 1. The molecule has 0 atom stereocenters. The van der Waals surface area contributed by atoms with Crippen molar-refractivity contribution in [1.82, 2.24) is 15.0 Å². The molecular formula is C11H11N3O. The Morgan fingerprint density at radius 3 is 2.40 bits per heavy atom. The Kier molecular flexibility index (Phi) is 2.33. The molecule has 2 aromatic rings. The van der Waals surface area contributed by atoms with Gasteiger partial charge < -0.3 is 0 Å². The highest BCUT2D eigenvalue weighted by atomic mass is 16.1. The van der Waals surface area contributed by atoms with Crippen LogP contribution in [-0.2, 0) is 0 Å². The zero-order valence-corrected chi connectivity index (χ0v) is 8.64. The van der Waals surface area contributed by atoms with E-state index in [-0.39, 0.29) is 0 Å². The number of rotatable bonds is 2. The lowest BCUT2D eigenvalue weighted by atomic mass is 10.1. The van der Waals surface area contributed by atoms with Gasteiger partial charge in [-0.3, -0.25) is 4.79 Å². The molecule has 1 heterocycles. The third kappa shape index (κ3) is 1.93. The fourth-order valence-electron chi connectivity index (χ4n) is 1.54. The first-order valence-electron chi connectivity index (χ1n) is 4.65. The van der Waals surface area contributed by atoms with Crippen LogP contribution in [0.15, 0.2) is 24.4 Å². The number of aryl methyl sites for hydroxylation is 2. The molecule has 4 heteroatoms. The summed E-state index contributed by atoms with van der Waals surface area (Å²) in [6.07, 6.45) is 2.30. The standard InChI is InChI=1S/C11H11N3O/c1-8-3-9(2)5-11(4-8)14-6-10(7-15)12-13-14/h3-7H,1-2H3. The third-order valence-corrected chi connectivity index (χ3v) is 2.10. The summed E-state index contributed by atoms with van der Waals surface area (Å²) in [6.45, 7) is 4.04. The Labute approximate surface area is 87.5 Å². The van der Waals surface area contributed by atoms with Gasteiger partial charge in [-0.05, 0) is 37.1 Å². The Morgan fingerprint density at radius 2 is 1.87 bits per heavy atom. The average Bonchev–Trinajstić information content (AvgIpc) is 2.64. The van der Waals surface area contributed by atoms with E-state index in [1.54, 1.807) is 10.9 Å². The van der Waals surface area contributed by atoms with Gasteiger partial charge in [-0.2, -0.15) is 0 Å². The molecule has 0 N–H and O–H groups in total. The van der Waals surface area contributed by atoms with Crippen molar-refractivity contribution in [2.75, 3.05) is 0 Å². The molecule has 0 saturated carbocycles. The summed E-state index contributed by atoms with van der Waals surface area (Å²) in [6, 6.07) is 6.08. The summed E-state index contributed by atoms with van der Waals surface area (Å²) in [4.78, 5) is 10.5. The minimum atomic E-state index is 0.342. The normalized spacial score (nSPS) is 10.3. The second-order valence-corrected chi connectivity index (χ2v) is 3.55. The van der Waals surface area contributed by atoms with E-state index in [0.717, 1.165) is 16.8 Å². The van der Waals surface area contributed by atoms with Gasteiger partial charge in [0, 0.05) is 0 Å². The molecule has 76 valence electrons. The van der Waals surface area contributed by atoms with Crippen molar-refractivity contribution < 1.29 is 4.79 Å². The van der Waals surface area contributed by atoms with E-state index < -0.39 is 0 Å². The van der Waals surface area contributed by atoms with Gasteiger partial charge in [0.1, 0.15) is 5.69 Å². The lowest BCUT2D eigenvalue weighted by molar-refractivity contribution is 0.111. The summed E-state index contributed by atoms with van der Waals surface area (Å²) in [5.41, 5.74) is 3.59. The maximum absolute atomic E-state index is 10.5. The van der Waals surface area contributed by atoms with Gasteiger partial charge in [0.05, 0.1) is 11.9 Å². The monoisotopic (exact) mass is 201 g/mol. The predicted molar refractivity (Wildman–Crippen MR) is 56.2 cm³/mol. The highest BCUT2D eigenvalue weighted by Crippen LogP contribution is 2.12. The molecule has 0 spiro atoms. The summed E-state index contributed by atoms with van der Waals surface area (Å²) in [7, 11) is 0. The number of aromatic nitrogens is 3. The largest absolute Gasteiger partial charge is 0.296 e. The van der Waals surface area contributed by atoms with Crippen LogP contribution < -0.4 is 0 Å². The molecule has 0 amide bonds. The maximum atomic E-state index is 10.5. The topological polar surface area (TPSA) is 47.8 Å². The van der Waals surface area contributed by atoms with Crippen molar-refractivity contribution in [3.63, 3.8) is 0 Å². The first-order valence-corrected chi connectivity index (χ1v) is 4.65. The molecule has 15 heavy (non-hydrogen) atoms. The number of benzene rings is 1. The molecule has 0 radical (unpaired) electrons. The SMILES string of the molecule is Cc1cc(C)cc(-n2cc(C=O)nn2)c1. The number of hydrogen-bond donors (Lipinski definition) is 0. The van der Waals surface area contributed by atoms with E-state index in [4.69, 9.17) is 0 Å². The van der Waals surface area contributed by atoms with Crippen molar-refractivity contribution in [2.24, 2.45) is 0 Å². The van der Waals surface area contributed by atoms with E-state index in [1.807, 2.05) is 26.0 Å². The Bertz CT molecular complexity index is 482. The third-order valence-electron chi connectivity index (χ3n) is 2.10. The van der Waals surface area contributed by atoms with Gasteiger partial charge in [0.2, 0.25) is 0 Å². The van der Waals surface area contributed by atoms with Crippen molar-refractivity contribution >= 4 is 6.29 Å². The molecule has 2 rings (SSSR count). The van der Waals surface area contributed by atoms with E-state index >= 15 is 0 Å². The van der Waals surface area contributed by atoms with Gasteiger partial charge in [-0.15, -0.1) is 5.10 Å². The minimum Gasteiger partial charge on any atom is -0.296 e. The second kappa shape index (κ2) is 3.65. The van der Waals surface area contributed by atoms with Crippen LogP contribution in [0, 0.1) is 13.8 Å². The van der Waals surface area contributed by atoms with Gasteiger partial charge in [0.25, 0.3) is 0 Å². The molecule has 0 aliphatic heterocycles. The first kappa shape index (κ1) is 9.58. The van der Waals surface area contributed by atoms with Crippen LogP contribution in [-0.4, -0.2) is 21.3 Å². The Balaban J connectivity index is 2.48. The van der Waals surface area contributed by atoms with Crippen LogP contribution in [0.5, 0.6) is 0 Å². The van der Waals surface area contributed by atoms with E-state index in [1.165, 1.54) is 0 Å². The van der Waals surface area contributed by atoms with Crippen LogP contribution in [0.4, 0.5) is 0 Å². The van der Waals surface area contributed by atoms with Gasteiger partial charge in [-0.1, -0.05) is 11.3 Å². The molecule has 0 fully saturated rings. The maximum Gasteiger partial charge on any atom is 0.171 e. The van der Waals surface area contributed by atoms with Crippen LogP contribution in [0.1, 0.15) is 21.6 Å². The lowest BCUT2D eigenvalue weighted by Gasteiger charge is -2.03. The Morgan fingerprint density at radius 1 is 1.20 bits per heavy atom. The van der Waals surface area contributed by atoms with Crippen LogP contribution in [0.2, 0.25) is 0 Å². The van der Waals surface area contributed by atoms with Crippen molar-refractivity contribution in [1.29, 1.82) is 0 Å². The molecule has 0 aliphatic rings. The van der Waals surface area contributed by atoms with Crippen molar-refractivity contribution in [3.05, 3.63) is 41.2 Å². The lowest BCUT2D eigenvalue weighted by Crippen LogP contribution is -1.96. The zero-order chi connectivity index (χ0) is 10.8. The highest BCUT2D eigenvalue weighted by molar-refractivity contribution is 5.70. The molecule has 1 aromatic heterocycles. The number of hydrogen-bond acceptors (Lipinski definition) is 3. The number of nitrogens with zero attached hydrogens (tertiary/aromatic N) is 3. The van der Waals surface area contributed by atoms with Gasteiger partial charge >= 0.3 is 0 Å². The van der Waals surface area contributed by atoms with E-state index in [0.29, 0.717) is 12.0 Å². The fourth-order valence-corrected chi connectivity index (χ4v) is 1.54. The Hall–Kier alpha value is -1.97. The number of aldehydes is 1. The minimum absolute atomic E-state index is 0.342. The summed E-state index contributed by atoms with van der Waals surface area (Å²) < 4.78 is 1.60. The molecule has 0 bridgehead atoms. The summed E-state index contributed by atoms with van der Waals surface area (Å²) in [5.74, 6) is 0. The second-order valence-electron chi connectivity index (χ2n) is 3.55. The summed E-state index contributed by atoms with van der Waals surface area (Å²) >= 11 is 0. The molecular weight excluding hydrogens is 190 g/mol. The predicted octanol–water partition coefficient (Wildman–Crippen LogP) is 1.70. The van der Waals surface area contributed by atoms with E-state index in [9.17, 15) is 4.79 Å². The van der Waals surface area contributed by atoms with Gasteiger partial charge in [-0.25, -0.2) is 4.68 Å². The smallest absolute Gasteiger partial charge is 0.171 e. The molecule has 1 aromatic carbocycles. The molecule has 0 aliphatic carbocycles. The molecule has 4 nitrogen and oxygen atoms in total. The highest BCUT2D eigenvalue weighted by Gasteiger charge is 2.02. The van der Waals surface area contributed by atoms with Crippen LogP contribution in [0.3, 0.4) is 0 Å². The summed E-state index contributed by atoms with van der Waals surface area (Å²) in [5, 5.41) is 7.59. The molecule has 0 unspecified atom stereocenters. The molecule has 0 saturated heterocycles. The van der Waals surface area contributed by atoms with Crippen LogP contribution >= 0.6 is 0 Å². The fraction of sp³-hybridized carbons (Fsp3) is 0.182. The van der Waals surface area contributed by atoms with E-state index in [2.05, 4.69) is 16.4 Å². The van der Waals surface area contributed by atoms with Crippen molar-refractivity contribution in [2.45, 2.75) is 13.8 Å². The average molecular weight is 201 g/mol. The number of carbonyl (C=O) groups is 1. The first-order chi connectivity index (χ1) is 7.19.